The van der Waals surface area contributed by atoms with Crippen LogP contribution in [0.2, 0.25) is 0 Å². The summed E-state index contributed by atoms with van der Waals surface area (Å²) >= 11 is 0. The zero-order chi connectivity index (χ0) is 19.6. The summed E-state index contributed by atoms with van der Waals surface area (Å²) in [4.78, 5) is 12.4. The molecule has 27 heavy (non-hydrogen) atoms. The fourth-order valence-corrected chi connectivity index (χ4v) is 2.82. The van der Waals surface area contributed by atoms with Crippen molar-refractivity contribution in [3.05, 3.63) is 59.2 Å². The molecule has 0 radical (unpaired) electrons. The maximum Gasteiger partial charge on any atom is 0.185 e. The summed E-state index contributed by atoms with van der Waals surface area (Å²) in [5.74, 6) is 2.16. The summed E-state index contributed by atoms with van der Waals surface area (Å²) in [6.45, 7) is 4.85. The lowest BCUT2D eigenvalue weighted by Gasteiger charge is -2.13. The Morgan fingerprint density at radius 1 is 1.00 bits per heavy atom. The number of rotatable bonds is 10. The highest BCUT2D eigenvalue weighted by molar-refractivity contribution is 6.06. The number of ether oxygens (including phenoxy) is 3. The summed E-state index contributed by atoms with van der Waals surface area (Å²) in [5, 5.41) is 0. The van der Waals surface area contributed by atoms with Crippen LogP contribution in [-0.2, 0) is 6.42 Å². The van der Waals surface area contributed by atoms with E-state index in [1.807, 2.05) is 30.3 Å². The number of ketones is 1. The number of hydrogen-bond donors (Lipinski definition) is 0. The van der Waals surface area contributed by atoms with Gasteiger partial charge in [0.05, 0.1) is 20.8 Å². The molecular formula is C23H28O4. The molecule has 0 heterocycles. The van der Waals surface area contributed by atoms with E-state index in [1.54, 1.807) is 32.4 Å². The summed E-state index contributed by atoms with van der Waals surface area (Å²) in [7, 11) is 3.26. The van der Waals surface area contributed by atoms with Crippen LogP contribution in [0.5, 0.6) is 17.2 Å². The van der Waals surface area contributed by atoms with Gasteiger partial charge in [0.2, 0.25) is 0 Å². The second kappa shape index (κ2) is 10.4. The predicted molar refractivity (Wildman–Crippen MR) is 109 cm³/mol. The van der Waals surface area contributed by atoms with Crippen LogP contribution in [-0.4, -0.2) is 26.6 Å². The van der Waals surface area contributed by atoms with Gasteiger partial charge in [-0.25, -0.2) is 0 Å². The molecule has 2 aromatic rings. The van der Waals surface area contributed by atoms with Gasteiger partial charge in [0.15, 0.2) is 17.3 Å². The average molecular weight is 368 g/mol. The lowest BCUT2D eigenvalue weighted by atomic mass is 10.0. The number of methoxy groups -OCH3 is 2. The molecule has 0 unspecified atom stereocenters. The Morgan fingerprint density at radius 3 is 2.33 bits per heavy atom. The SMILES string of the molecule is CCCOc1ccc(C(=O)C=Cc2cc(CCC)c(OC)c(OC)c2)cc1. The molecule has 0 aliphatic rings. The van der Waals surface area contributed by atoms with Crippen molar-refractivity contribution in [3.63, 3.8) is 0 Å². The molecule has 4 heteroatoms. The van der Waals surface area contributed by atoms with Gasteiger partial charge in [0.1, 0.15) is 5.75 Å². The monoisotopic (exact) mass is 368 g/mol. The fraction of sp³-hybridized carbons (Fsp3) is 0.348. The van der Waals surface area contributed by atoms with E-state index < -0.39 is 0 Å². The number of carbonyl (C=O) groups excluding carboxylic acids is 1. The molecule has 0 aliphatic heterocycles. The second-order valence-corrected chi connectivity index (χ2v) is 6.24. The van der Waals surface area contributed by atoms with Gasteiger partial charge in [0.25, 0.3) is 0 Å². The predicted octanol–water partition coefficient (Wildman–Crippen LogP) is 5.34. The van der Waals surface area contributed by atoms with Crippen molar-refractivity contribution in [3.8, 4) is 17.2 Å². The third-order valence-corrected chi connectivity index (χ3v) is 4.14. The maximum atomic E-state index is 12.4. The zero-order valence-electron chi connectivity index (χ0n) is 16.6. The molecule has 0 fully saturated rings. The molecule has 0 N–H and O–H groups in total. The van der Waals surface area contributed by atoms with Crippen LogP contribution in [0.1, 0.15) is 48.2 Å². The highest BCUT2D eigenvalue weighted by Crippen LogP contribution is 2.34. The summed E-state index contributed by atoms with van der Waals surface area (Å²) < 4.78 is 16.5. The normalized spacial score (nSPS) is 10.8. The molecule has 0 bridgehead atoms. The van der Waals surface area contributed by atoms with Crippen molar-refractivity contribution < 1.29 is 19.0 Å². The maximum absolute atomic E-state index is 12.4. The van der Waals surface area contributed by atoms with E-state index in [1.165, 1.54) is 0 Å². The van der Waals surface area contributed by atoms with Crippen molar-refractivity contribution in [2.45, 2.75) is 33.1 Å². The first-order valence-electron chi connectivity index (χ1n) is 9.33. The minimum atomic E-state index is -0.0520. The summed E-state index contributed by atoms with van der Waals surface area (Å²) in [6.07, 6.45) is 6.23. The van der Waals surface area contributed by atoms with Crippen molar-refractivity contribution >= 4 is 11.9 Å². The Morgan fingerprint density at radius 2 is 1.74 bits per heavy atom. The van der Waals surface area contributed by atoms with Gasteiger partial charge in [-0.2, -0.15) is 0 Å². The van der Waals surface area contributed by atoms with Gasteiger partial charge in [-0.3, -0.25) is 4.79 Å². The van der Waals surface area contributed by atoms with Crippen molar-refractivity contribution in [1.82, 2.24) is 0 Å². The van der Waals surface area contributed by atoms with Gasteiger partial charge >= 0.3 is 0 Å². The highest BCUT2D eigenvalue weighted by Gasteiger charge is 2.11. The zero-order valence-corrected chi connectivity index (χ0v) is 16.6. The minimum Gasteiger partial charge on any atom is -0.494 e. The van der Waals surface area contributed by atoms with Crippen LogP contribution in [0.15, 0.2) is 42.5 Å². The first-order valence-corrected chi connectivity index (χ1v) is 9.33. The first kappa shape index (κ1) is 20.6. The molecule has 0 aliphatic carbocycles. The molecule has 0 aromatic heterocycles. The fourth-order valence-electron chi connectivity index (χ4n) is 2.82. The number of allylic oxidation sites excluding steroid dienone is 1. The van der Waals surface area contributed by atoms with Crippen LogP contribution in [0, 0.1) is 0 Å². The molecule has 2 rings (SSSR count). The lowest BCUT2D eigenvalue weighted by molar-refractivity contribution is 0.104. The van der Waals surface area contributed by atoms with Gasteiger partial charge in [-0.15, -0.1) is 0 Å². The molecule has 0 saturated carbocycles. The molecule has 0 amide bonds. The van der Waals surface area contributed by atoms with E-state index in [9.17, 15) is 4.79 Å². The van der Waals surface area contributed by atoms with Gasteiger partial charge in [0, 0.05) is 5.56 Å². The Bertz CT molecular complexity index is 776. The molecule has 4 nitrogen and oxygen atoms in total. The van der Waals surface area contributed by atoms with E-state index in [4.69, 9.17) is 14.2 Å². The van der Waals surface area contributed by atoms with E-state index in [0.717, 1.165) is 41.9 Å². The van der Waals surface area contributed by atoms with Crippen LogP contribution in [0.4, 0.5) is 0 Å². The van der Waals surface area contributed by atoms with Crippen molar-refractivity contribution in [2.75, 3.05) is 20.8 Å². The van der Waals surface area contributed by atoms with Crippen molar-refractivity contribution in [2.24, 2.45) is 0 Å². The summed E-state index contributed by atoms with van der Waals surface area (Å²) in [5.41, 5.74) is 2.61. The standard InChI is InChI=1S/C23H28O4/c1-5-7-19-15-17(16-22(25-3)23(19)26-4)8-13-21(24)18-9-11-20(12-10-18)27-14-6-2/h8-13,15-16H,5-7,14H2,1-4H3. The van der Waals surface area contributed by atoms with Gasteiger partial charge in [-0.05, 0) is 66.4 Å². The van der Waals surface area contributed by atoms with E-state index in [2.05, 4.69) is 13.8 Å². The molecule has 144 valence electrons. The van der Waals surface area contributed by atoms with Crippen LogP contribution in [0.3, 0.4) is 0 Å². The Labute approximate surface area is 161 Å². The highest BCUT2D eigenvalue weighted by atomic mass is 16.5. The van der Waals surface area contributed by atoms with Crippen LogP contribution in [0.25, 0.3) is 6.08 Å². The Balaban J connectivity index is 2.18. The first-order chi connectivity index (χ1) is 13.1. The number of aryl methyl sites for hydroxylation is 1. The smallest absolute Gasteiger partial charge is 0.185 e. The van der Waals surface area contributed by atoms with Gasteiger partial charge < -0.3 is 14.2 Å². The van der Waals surface area contributed by atoms with E-state index >= 15 is 0 Å². The molecule has 0 spiro atoms. The molecule has 2 aromatic carbocycles. The molecule has 0 saturated heterocycles. The molecule has 0 atom stereocenters. The Kier molecular flexibility index (Phi) is 7.93. The average Bonchev–Trinajstić information content (AvgIpc) is 2.70. The van der Waals surface area contributed by atoms with Crippen molar-refractivity contribution in [1.29, 1.82) is 0 Å². The largest absolute Gasteiger partial charge is 0.494 e. The molecular weight excluding hydrogens is 340 g/mol. The number of carbonyl (C=O) groups is 1. The lowest BCUT2D eigenvalue weighted by Crippen LogP contribution is -1.98. The quantitative estimate of drug-likeness (QED) is 0.419. The number of hydrogen-bond acceptors (Lipinski definition) is 4. The van der Waals surface area contributed by atoms with E-state index in [-0.39, 0.29) is 5.78 Å². The van der Waals surface area contributed by atoms with Crippen LogP contribution >= 0.6 is 0 Å². The minimum absolute atomic E-state index is 0.0520. The third-order valence-electron chi connectivity index (χ3n) is 4.14. The van der Waals surface area contributed by atoms with Crippen LogP contribution < -0.4 is 14.2 Å². The second-order valence-electron chi connectivity index (χ2n) is 6.24. The third kappa shape index (κ3) is 5.61. The Hall–Kier alpha value is -2.75. The van der Waals surface area contributed by atoms with Gasteiger partial charge in [-0.1, -0.05) is 26.3 Å². The van der Waals surface area contributed by atoms with E-state index in [0.29, 0.717) is 17.9 Å². The number of benzene rings is 2. The summed E-state index contributed by atoms with van der Waals surface area (Å²) in [6, 6.07) is 11.1. The topological polar surface area (TPSA) is 44.8 Å².